The van der Waals surface area contributed by atoms with Crippen LogP contribution in [0, 0.1) is 5.92 Å². The van der Waals surface area contributed by atoms with Crippen LogP contribution in [0.15, 0.2) is 46.9 Å². The van der Waals surface area contributed by atoms with E-state index < -0.39 is 18.2 Å². The molecule has 4 rings (SSSR count). The Kier molecular flexibility index (Phi) is 3.69. The molecule has 0 aliphatic carbocycles. The van der Waals surface area contributed by atoms with Gasteiger partial charge in [-0.1, -0.05) is 25.1 Å². The number of carboxylic acid groups (broad SMARTS) is 1. The van der Waals surface area contributed by atoms with Gasteiger partial charge in [-0.3, -0.25) is 4.79 Å². The third-order valence-corrected chi connectivity index (χ3v) is 4.60. The molecule has 0 bridgehead atoms. The molecular formula is C19H17NO5. The number of carboxylic acids is 1. The number of fused-ring (bicyclic) bond motifs is 3. The summed E-state index contributed by atoms with van der Waals surface area (Å²) in [6, 6.07) is 13.2. The number of para-hydroxylation sites is 1. The molecule has 0 saturated carbocycles. The highest BCUT2D eigenvalue weighted by Crippen LogP contribution is 2.31. The van der Waals surface area contributed by atoms with Gasteiger partial charge in [-0.25, -0.2) is 4.79 Å². The summed E-state index contributed by atoms with van der Waals surface area (Å²) in [5, 5.41) is 13.9. The fourth-order valence-corrected chi connectivity index (χ4v) is 3.32. The fourth-order valence-electron chi connectivity index (χ4n) is 3.32. The quantitative estimate of drug-likeness (QED) is 0.763. The molecule has 1 aliphatic heterocycles. The Hall–Kier alpha value is -2.86. The van der Waals surface area contributed by atoms with E-state index >= 15 is 0 Å². The average Bonchev–Trinajstić information content (AvgIpc) is 3.15. The number of ether oxygens (including phenoxy) is 1. The van der Waals surface area contributed by atoms with Crippen LogP contribution in [-0.4, -0.2) is 29.2 Å². The number of anilines is 1. The van der Waals surface area contributed by atoms with Gasteiger partial charge in [0.1, 0.15) is 17.3 Å². The molecule has 3 atom stereocenters. The average molecular weight is 339 g/mol. The van der Waals surface area contributed by atoms with Crippen molar-refractivity contribution in [1.82, 2.24) is 0 Å². The van der Waals surface area contributed by atoms with Gasteiger partial charge in [0.05, 0.1) is 0 Å². The molecule has 25 heavy (non-hydrogen) atoms. The summed E-state index contributed by atoms with van der Waals surface area (Å²) in [6.07, 6.45) is -1.31. The maximum absolute atomic E-state index is 12.4. The zero-order valence-electron chi connectivity index (χ0n) is 13.6. The Balaban J connectivity index is 1.55. The van der Waals surface area contributed by atoms with Crippen LogP contribution in [-0.2, 0) is 14.3 Å². The number of furan rings is 1. The van der Waals surface area contributed by atoms with E-state index in [1.807, 2.05) is 30.3 Å². The second-order valence-corrected chi connectivity index (χ2v) is 6.39. The van der Waals surface area contributed by atoms with Gasteiger partial charge in [0.25, 0.3) is 5.91 Å². The normalized spacial score (nSPS) is 23.2. The first-order valence-corrected chi connectivity index (χ1v) is 8.13. The minimum Gasteiger partial charge on any atom is -0.479 e. The van der Waals surface area contributed by atoms with E-state index in [2.05, 4.69) is 5.32 Å². The summed E-state index contributed by atoms with van der Waals surface area (Å²) >= 11 is 0. The lowest BCUT2D eigenvalue weighted by atomic mass is 10.0. The molecule has 1 saturated heterocycles. The van der Waals surface area contributed by atoms with E-state index in [4.69, 9.17) is 14.3 Å². The number of hydrogen-bond donors (Lipinski definition) is 2. The summed E-state index contributed by atoms with van der Waals surface area (Å²) in [7, 11) is 0. The molecular weight excluding hydrogens is 322 g/mol. The number of amides is 1. The predicted octanol–water partition coefficient (Wildman–Crippen LogP) is 3.40. The van der Waals surface area contributed by atoms with Crippen molar-refractivity contribution in [3.05, 3.63) is 42.5 Å². The molecule has 0 unspecified atom stereocenters. The number of carbonyl (C=O) groups is 2. The van der Waals surface area contributed by atoms with Gasteiger partial charge >= 0.3 is 5.97 Å². The molecule has 6 nitrogen and oxygen atoms in total. The number of benzene rings is 2. The highest BCUT2D eigenvalue weighted by atomic mass is 16.5. The van der Waals surface area contributed by atoms with Gasteiger partial charge in [0.15, 0.2) is 6.10 Å². The summed E-state index contributed by atoms with van der Waals surface area (Å²) in [4.78, 5) is 23.5. The summed E-state index contributed by atoms with van der Waals surface area (Å²) in [5.41, 5.74) is 2.06. The van der Waals surface area contributed by atoms with E-state index in [9.17, 15) is 9.59 Å². The Morgan fingerprint density at radius 3 is 2.64 bits per heavy atom. The van der Waals surface area contributed by atoms with Crippen molar-refractivity contribution in [1.29, 1.82) is 0 Å². The standard InChI is InChI=1S/C19H17NO5/c1-10-8-16(25-17(10)19(22)23)18(21)20-11-6-7-13-12-4-2-3-5-14(12)24-15(13)9-11/h2-7,9-10,16-17H,8H2,1H3,(H,20,21)(H,22,23)/t10-,16-,17-/m1/s1. The maximum atomic E-state index is 12.4. The third kappa shape index (κ3) is 2.74. The van der Waals surface area contributed by atoms with Crippen LogP contribution in [0.5, 0.6) is 0 Å². The van der Waals surface area contributed by atoms with Gasteiger partial charge in [-0.15, -0.1) is 0 Å². The number of rotatable bonds is 3. The first kappa shape index (κ1) is 15.7. The fraction of sp³-hybridized carbons (Fsp3) is 0.263. The SMILES string of the molecule is C[C@@H]1C[C@H](C(=O)Nc2ccc3c(c2)oc2ccccc23)O[C@H]1C(=O)O. The third-order valence-electron chi connectivity index (χ3n) is 4.60. The summed E-state index contributed by atoms with van der Waals surface area (Å²) in [6.45, 7) is 1.77. The maximum Gasteiger partial charge on any atom is 0.333 e. The molecule has 0 spiro atoms. The van der Waals surface area contributed by atoms with Crippen LogP contribution >= 0.6 is 0 Å². The highest BCUT2D eigenvalue weighted by molar-refractivity contribution is 6.06. The highest BCUT2D eigenvalue weighted by Gasteiger charge is 2.40. The van der Waals surface area contributed by atoms with Gasteiger partial charge in [-0.2, -0.15) is 0 Å². The zero-order chi connectivity index (χ0) is 17.6. The monoisotopic (exact) mass is 339 g/mol. The number of hydrogen-bond acceptors (Lipinski definition) is 4. The molecule has 1 aliphatic rings. The molecule has 0 radical (unpaired) electrons. The van der Waals surface area contributed by atoms with E-state index in [1.165, 1.54) is 0 Å². The van der Waals surface area contributed by atoms with Crippen molar-refractivity contribution in [3.8, 4) is 0 Å². The topological polar surface area (TPSA) is 88.8 Å². The van der Waals surface area contributed by atoms with Crippen molar-refractivity contribution in [2.24, 2.45) is 5.92 Å². The van der Waals surface area contributed by atoms with E-state index in [0.29, 0.717) is 17.7 Å². The predicted molar refractivity (Wildman–Crippen MR) is 92.4 cm³/mol. The lowest BCUT2D eigenvalue weighted by Crippen LogP contribution is -2.30. The lowest BCUT2D eigenvalue weighted by Gasteiger charge is -2.11. The first-order chi connectivity index (χ1) is 12.0. The molecule has 2 N–H and O–H groups in total. The van der Waals surface area contributed by atoms with Gasteiger partial charge < -0.3 is 19.6 Å². The van der Waals surface area contributed by atoms with Crippen LogP contribution < -0.4 is 5.32 Å². The second kappa shape index (κ2) is 5.89. The molecule has 1 fully saturated rings. The van der Waals surface area contributed by atoms with Crippen LogP contribution in [0.3, 0.4) is 0 Å². The first-order valence-electron chi connectivity index (χ1n) is 8.13. The molecule has 128 valence electrons. The number of aliphatic carboxylic acids is 1. The second-order valence-electron chi connectivity index (χ2n) is 6.39. The van der Waals surface area contributed by atoms with E-state index in [1.54, 1.807) is 19.1 Å². The molecule has 2 heterocycles. The number of nitrogens with one attached hydrogen (secondary N) is 1. The Morgan fingerprint density at radius 1 is 1.12 bits per heavy atom. The van der Waals surface area contributed by atoms with Crippen LogP contribution in [0.25, 0.3) is 21.9 Å². The molecule has 2 aromatic carbocycles. The van der Waals surface area contributed by atoms with Crippen LogP contribution in [0.1, 0.15) is 13.3 Å². The van der Waals surface area contributed by atoms with Gasteiger partial charge in [-0.05, 0) is 30.5 Å². The Bertz CT molecular complexity index is 976. The largest absolute Gasteiger partial charge is 0.479 e. The smallest absolute Gasteiger partial charge is 0.333 e. The Labute approximate surface area is 143 Å². The van der Waals surface area contributed by atoms with Crippen molar-refractivity contribution < 1.29 is 23.8 Å². The molecule has 3 aromatic rings. The number of carbonyl (C=O) groups excluding carboxylic acids is 1. The summed E-state index contributed by atoms with van der Waals surface area (Å²) in [5.74, 6) is -1.58. The molecule has 6 heteroatoms. The zero-order valence-corrected chi connectivity index (χ0v) is 13.6. The van der Waals surface area contributed by atoms with Crippen LogP contribution in [0.2, 0.25) is 0 Å². The van der Waals surface area contributed by atoms with Crippen molar-refractivity contribution >= 4 is 39.5 Å². The van der Waals surface area contributed by atoms with Crippen molar-refractivity contribution in [2.75, 3.05) is 5.32 Å². The van der Waals surface area contributed by atoms with Crippen molar-refractivity contribution in [2.45, 2.75) is 25.6 Å². The minimum atomic E-state index is -1.04. The molecule has 1 amide bonds. The van der Waals surface area contributed by atoms with Gasteiger partial charge in [0.2, 0.25) is 0 Å². The van der Waals surface area contributed by atoms with E-state index in [-0.39, 0.29) is 11.8 Å². The van der Waals surface area contributed by atoms with E-state index in [0.717, 1.165) is 16.4 Å². The lowest BCUT2D eigenvalue weighted by molar-refractivity contribution is -0.152. The molecule has 1 aromatic heterocycles. The Morgan fingerprint density at radius 2 is 1.88 bits per heavy atom. The summed E-state index contributed by atoms with van der Waals surface area (Å²) < 4.78 is 11.2. The van der Waals surface area contributed by atoms with Crippen molar-refractivity contribution in [3.63, 3.8) is 0 Å². The van der Waals surface area contributed by atoms with Crippen LogP contribution in [0.4, 0.5) is 5.69 Å². The minimum absolute atomic E-state index is 0.203. The van der Waals surface area contributed by atoms with Gasteiger partial charge in [0, 0.05) is 22.5 Å².